The van der Waals surface area contributed by atoms with Gasteiger partial charge in [0.15, 0.2) is 0 Å². The highest BCUT2D eigenvalue weighted by Crippen LogP contribution is 2.37. The first-order valence-corrected chi connectivity index (χ1v) is 6.81. The Morgan fingerprint density at radius 2 is 2.10 bits per heavy atom. The van der Waals surface area contributed by atoms with E-state index in [1.54, 1.807) is 0 Å². The molecule has 1 saturated heterocycles. The molecule has 2 rings (SSSR count). The van der Waals surface area contributed by atoms with Crippen molar-refractivity contribution in [2.45, 2.75) is 24.0 Å². The molecule has 0 aromatic heterocycles. The number of hydrogen-bond donors (Lipinski definition) is 2. The summed E-state index contributed by atoms with van der Waals surface area (Å²) in [4.78, 5) is 10.9. The van der Waals surface area contributed by atoms with Gasteiger partial charge < -0.3 is 5.11 Å². The first kappa shape index (κ1) is 15.1. The molecule has 0 radical (unpaired) electrons. The third kappa shape index (κ3) is 3.24. The first-order chi connectivity index (χ1) is 9.29. The monoisotopic (exact) mass is 309 g/mol. The van der Waals surface area contributed by atoms with Crippen LogP contribution in [0.15, 0.2) is 18.2 Å². The van der Waals surface area contributed by atoms with Crippen LogP contribution in [0, 0.1) is 5.82 Å². The fourth-order valence-electron chi connectivity index (χ4n) is 1.93. The molecule has 0 bridgehead atoms. The van der Waals surface area contributed by atoms with Crippen molar-refractivity contribution < 1.29 is 27.5 Å². The highest BCUT2D eigenvalue weighted by atomic mass is 32.2. The maximum atomic E-state index is 13.2. The van der Waals surface area contributed by atoms with Gasteiger partial charge in [0.1, 0.15) is 11.9 Å². The fourth-order valence-corrected chi connectivity index (χ4v) is 3.14. The van der Waals surface area contributed by atoms with E-state index in [1.807, 2.05) is 0 Å². The van der Waals surface area contributed by atoms with Crippen LogP contribution in [0.2, 0.25) is 0 Å². The van der Waals surface area contributed by atoms with Gasteiger partial charge in [-0.15, -0.1) is 11.8 Å². The number of benzene rings is 1. The normalized spacial score (nSPS) is 23.6. The second-order valence-corrected chi connectivity index (χ2v) is 5.55. The van der Waals surface area contributed by atoms with Gasteiger partial charge in [0, 0.05) is 0 Å². The third-order valence-electron chi connectivity index (χ3n) is 2.94. The maximum absolute atomic E-state index is 13.2. The third-order valence-corrected chi connectivity index (χ3v) is 4.15. The van der Waals surface area contributed by atoms with E-state index in [9.17, 15) is 22.4 Å². The van der Waals surface area contributed by atoms with Crippen LogP contribution < -0.4 is 5.32 Å². The van der Waals surface area contributed by atoms with E-state index in [0.29, 0.717) is 12.2 Å². The Morgan fingerprint density at radius 3 is 2.70 bits per heavy atom. The Hall–Kier alpha value is -1.28. The lowest BCUT2D eigenvalue weighted by Gasteiger charge is -2.28. The van der Waals surface area contributed by atoms with Gasteiger partial charge >= 0.3 is 12.1 Å². The van der Waals surface area contributed by atoms with Gasteiger partial charge in [-0.25, -0.2) is 4.39 Å². The fraction of sp³-hybridized carbons (Fsp3) is 0.417. The molecule has 1 aliphatic rings. The number of alkyl halides is 3. The van der Waals surface area contributed by atoms with E-state index < -0.39 is 34.9 Å². The smallest absolute Gasteiger partial charge is 0.419 e. The van der Waals surface area contributed by atoms with Crippen LogP contribution in [0.4, 0.5) is 17.6 Å². The molecular weight excluding hydrogens is 298 g/mol. The predicted molar refractivity (Wildman–Crippen MR) is 65.8 cm³/mol. The van der Waals surface area contributed by atoms with Gasteiger partial charge in [-0.3, -0.25) is 10.1 Å². The van der Waals surface area contributed by atoms with Crippen molar-refractivity contribution in [2.24, 2.45) is 0 Å². The Balaban J connectivity index is 2.27. The van der Waals surface area contributed by atoms with E-state index in [-0.39, 0.29) is 5.56 Å². The minimum absolute atomic E-state index is 0.217. The molecule has 0 aliphatic carbocycles. The molecule has 2 N–H and O–H groups in total. The van der Waals surface area contributed by atoms with Crippen LogP contribution >= 0.6 is 11.8 Å². The van der Waals surface area contributed by atoms with Crippen LogP contribution in [0.25, 0.3) is 0 Å². The Kier molecular flexibility index (Phi) is 4.24. The second-order valence-electron chi connectivity index (χ2n) is 4.33. The highest BCUT2D eigenvalue weighted by Gasteiger charge is 2.35. The largest absolute Gasteiger partial charge is 0.480 e. The van der Waals surface area contributed by atoms with Crippen molar-refractivity contribution in [3.8, 4) is 0 Å². The van der Waals surface area contributed by atoms with Crippen molar-refractivity contribution in [3.05, 3.63) is 35.1 Å². The molecule has 1 aromatic rings. The SMILES string of the molecule is O=C(O)C1CCSC(c2ccc(F)c(C(F)(F)F)c2)N1. The maximum Gasteiger partial charge on any atom is 0.419 e. The molecule has 1 aliphatic heterocycles. The van der Waals surface area contributed by atoms with Crippen molar-refractivity contribution >= 4 is 17.7 Å². The van der Waals surface area contributed by atoms with Crippen LogP contribution in [0.5, 0.6) is 0 Å². The van der Waals surface area contributed by atoms with Crippen LogP contribution in [-0.4, -0.2) is 22.9 Å². The number of carboxylic acids is 1. The quantitative estimate of drug-likeness (QED) is 0.825. The van der Waals surface area contributed by atoms with Gasteiger partial charge in [0.2, 0.25) is 0 Å². The molecule has 1 aromatic carbocycles. The molecule has 8 heteroatoms. The Bertz CT molecular complexity index is 521. The number of thioether (sulfide) groups is 1. The van der Waals surface area contributed by atoms with Crippen molar-refractivity contribution in [1.82, 2.24) is 5.32 Å². The molecule has 0 amide bonds. The average Bonchev–Trinajstić information content (AvgIpc) is 2.38. The lowest BCUT2D eigenvalue weighted by atomic mass is 10.1. The van der Waals surface area contributed by atoms with Crippen molar-refractivity contribution in [1.29, 1.82) is 0 Å². The van der Waals surface area contributed by atoms with E-state index in [1.165, 1.54) is 17.8 Å². The molecule has 20 heavy (non-hydrogen) atoms. The van der Waals surface area contributed by atoms with E-state index in [4.69, 9.17) is 5.11 Å². The number of aliphatic carboxylic acids is 1. The summed E-state index contributed by atoms with van der Waals surface area (Å²) < 4.78 is 51.1. The van der Waals surface area contributed by atoms with Gasteiger partial charge in [-0.1, -0.05) is 6.07 Å². The first-order valence-electron chi connectivity index (χ1n) is 5.76. The Labute approximate surface area is 116 Å². The zero-order valence-corrected chi connectivity index (χ0v) is 10.9. The number of carbonyl (C=O) groups is 1. The minimum Gasteiger partial charge on any atom is -0.480 e. The standard InChI is InChI=1S/C12H11F4NO2S/c13-8-2-1-6(5-7(8)12(14,15)16)10-17-9(11(18)19)3-4-20-10/h1-2,5,9-10,17H,3-4H2,(H,18,19). The summed E-state index contributed by atoms with van der Waals surface area (Å²) in [5, 5.41) is 11.1. The van der Waals surface area contributed by atoms with Gasteiger partial charge in [-0.05, 0) is 29.9 Å². The minimum atomic E-state index is -4.77. The number of halogens is 4. The zero-order chi connectivity index (χ0) is 14.9. The Morgan fingerprint density at radius 1 is 1.40 bits per heavy atom. The summed E-state index contributed by atoms with van der Waals surface area (Å²) in [6.45, 7) is 0. The van der Waals surface area contributed by atoms with Gasteiger partial charge in [-0.2, -0.15) is 13.2 Å². The number of nitrogens with one attached hydrogen (secondary N) is 1. The van der Waals surface area contributed by atoms with Gasteiger partial charge in [0.25, 0.3) is 0 Å². The number of hydrogen-bond acceptors (Lipinski definition) is 3. The topological polar surface area (TPSA) is 49.3 Å². The average molecular weight is 309 g/mol. The van der Waals surface area contributed by atoms with Crippen LogP contribution in [0.1, 0.15) is 22.9 Å². The van der Waals surface area contributed by atoms with Crippen LogP contribution in [0.3, 0.4) is 0 Å². The summed E-state index contributed by atoms with van der Waals surface area (Å²) in [6.07, 6.45) is -4.38. The molecule has 1 heterocycles. The van der Waals surface area contributed by atoms with Gasteiger partial charge in [0.05, 0.1) is 10.9 Å². The molecular formula is C12H11F4NO2S. The van der Waals surface area contributed by atoms with E-state index in [2.05, 4.69) is 5.32 Å². The second kappa shape index (κ2) is 5.61. The zero-order valence-electron chi connectivity index (χ0n) is 10.1. The molecule has 1 fully saturated rings. The molecule has 0 saturated carbocycles. The summed E-state index contributed by atoms with van der Waals surface area (Å²) in [5.41, 5.74) is -1.12. The summed E-state index contributed by atoms with van der Waals surface area (Å²) in [7, 11) is 0. The van der Waals surface area contributed by atoms with Crippen molar-refractivity contribution in [2.75, 3.05) is 5.75 Å². The molecule has 2 unspecified atom stereocenters. The molecule has 110 valence electrons. The van der Waals surface area contributed by atoms with Crippen LogP contribution in [-0.2, 0) is 11.0 Å². The number of carboxylic acid groups (broad SMARTS) is 1. The van der Waals surface area contributed by atoms with Crippen molar-refractivity contribution in [3.63, 3.8) is 0 Å². The molecule has 3 nitrogen and oxygen atoms in total. The summed E-state index contributed by atoms with van der Waals surface area (Å²) >= 11 is 1.30. The number of rotatable bonds is 2. The predicted octanol–water partition coefficient (Wildman–Crippen LogP) is 3.02. The molecule has 0 spiro atoms. The summed E-state index contributed by atoms with van der Waals surface area (Å²) in [5.74, 6) is -1.88. The van der Waals surface area contributed by atoms with E-state index in [0.717, 1.165) is 12.1 Å². The molecule has 2 atom stereocenters. The lowest BCUT2D eigenvalue weighted by molar-refractivity contribution is -0.141. The highest BCUT2D eigenvalue weighted by molar-refractivity contribution is 7.99. The lowest BCUT2D eigenvalue weighted by Crippen LogP contribution is -2.41. The van der Waals surface area contributed by atoms with E-state index >= 15 is 0 Å². The summed E-state index contributed by atoms with van der Waals surface area (Å²) in [6, 6.07) is 1.91.